The molecule has 4 bridgehead atoms. The van der Waals surface area contributed by atoms with E-state index in [-0.39, 0.29) is 5.92 Å². The zero-order chi connectivity index (χ0) is 13.9. The van der Waals surface area contributed by atoms with Crippen molar-refractivity contribution in [3.8, 4) is 0 Å². The molecule has 0 saturated heterocycles. The highest BCUT2D eigenvalue weighted by molar-refractivity contribution is 6.42. The van der Waals surface area contributed by atoms with E-state index in [0.717, 1.165) is 17.4 Å². The van der Waals surface area contributed by atoms with E-state index in [4.69, 9.17) is 23.2 Å². The Kier molecular flexibility index (Phi) is 3.12. The summed E-state index contributed by atoms with van der Waals surface area (Å²) in [6.07, 6.45) is 6.49. The lowest BCUT2D eigenvalue weighted by atomic mass is 9.51. The summed E-state index contributed by atoms with van der Waals surface area (Å²) in [6.45, 7) is 0. The van der Waals surface area contributed by atoms with Crippen molar-refractivity contribution in [2.75, 3.05) is 0 Å². The molecule has 4 fully saturated rings. The highest BCUT2D eigenvalue weighted by Crippen LogP contribution is 2.57. The third-order valence-corrected chi connectivity index (χ3v) is 6.47. The maximum absolute atomic E-state index is 12.9. The maximum atomic E-state index is 12.9. The number of benzene rings is 1. The number of Topliss-reactive ketones (excluding diaryl/α,β-unsaturated/α-hetero) is 1. The molecule has 0 N–H and O–H groups in total. The van der Waals surface area contributed by atoms with E-state index in [1.165, 1.54) is 32.1 Å². The Morgan fingerprint density at radius 2 is 1.50 bits per heavy atom. The van der Waals surface area contributed by atoms with E-state index in [9.17, 15) is 4.79 Å². The predicted octanol–water partition coefficient (Wildman–Crippen LogP) is 5.25. The predicted molar refractivity (Wildman–Crippen MR) is 81.3 cm³/mol. The molecule has 4 aliphatic carbocycles. The third-order valence-electron chi connectivity index (χ3n) is 5.73. The molecule has 0 aliphatic heterocycles. The molecule has 0 aromatic heterocycles. The number of carbonyl (C=O) groups is 1. The van der Waals surface area contributed by atoms with Crippen molar-refractivity contribution in [2.45, 2.75) is 32.1 Å². The van der Waals surface area contributed by atoms with E-state index >= 15 is 0 Å². The minimum atomic E-state index is 0.236. The SMILES string of the molecule is O=C(c1ccc(Cl)c(Cl)c1)C1C2CC3CC(C2)CC1C3. The summed E-state index contributed by atoms with van der Waals surface area (Å²) in [5.41, 5.74) is 0.747. The monoisotopic (exact) mass is 308 g/mol. The van der Waals surface area contributed by atoms with Gasteiger partial charge < -0.3 is 0 Å². The van der Waals surface area contributed by atoms with Crippen molar-refractivity contribution in [3.63, 3.8) is 0 Å². The Morgan fingerprint density at radius 3 is 2.05 bits per heavy atom. The van der Waals surface area contributed by atoms with Gasteiger partial charge in [-0.15, -0.1) is 0 Å². The first-order valence-electron chi connectivity index (χ1n) is 7.61. The van der Waals surface area contributed by atoms with Crippen LogP contribution in [-0.4, -0.2) is 5.78 Å². The standard InChI is InChI=1S/C17H18Cl2O/c18-14-2-1-11(8-15(14)19)17(20)16-12-4-9-3-10(6-12)7-13(16)5-9/h1-2,8-10,12-13,16H,3-7H2. The number of hydrogen-bond acceptors (Lipinski definition) is 1. The Balaban J connectivity index is 1.63. The largest absolute Gasteiger partial charge is 0.294 e. The number of ketones is 1. The topological polar surface area (TPSA) is 17.1 Å². The van der Waals surface area contributed by atoms with Crippen LogP contribution in [0.1, 0.15) is 42.5 Å². The smallest absolute Gasteiger partial charge is 0.166 e. The fraction of sp³-hybridized carbons (Fsp3) is 0.588. The van der Waals surface area contributed by atoms with Crippen molar-refractivity contribution in [2.24, 2.45) is 29.6 Å². The minimum absolute atomic E-state index is 0.236. The zero-order valence-electron chi connectivity index (χ0n) is 11.3. The quantitative estimate of drug-likeness (QED) is 0.682. The molecular formula is C17H18Cl2O. The van der Waals surface area contributed by atoms with Crippen LogP contribution in [0.15, 0.2) is 18.2 Å². The third kappa shape index (κ3) is 2.02. The lowest BCUT2D eigenvalue weighted by molar-refractivity contribution is -0.0251. The number of carbonyl (C=O) groups excluding carboxylic acids is 1. The van der Waals surface area contributed by atoms with Gasteiger partial charge in [0.05, 0.1) is 10.0 Å². The first kappa shape index (κ1) is 13.2. The molecule has 0 heterocycles. The van der Waals surface area contributed by atoms with Gasteiger partial charge in [0.2, 0.25) is 0 Å². The molecule has 1 aromatic rings. The average Bonchev–Trinajstić information content (AvgIpc) is 2.40. The molecule has 0 spiro atoms. The van der Waals surface area contributed by atoms with E-state index in [1.54, 1.807) is 12.1 Å². The Hall–Kier alpha value is -0.530. The normalized spacial score (nSPS) is 38.2. The van der Waals surface area contributed by atoms with Crippen LogP contribution in [0, 0.1) is 29.6 Å². The summed E-state index contributed by atoms with van der Waals surface area (Å²) in [4.78, 5) is 12.9. The molecule has 0 unspecified atom stereocenters. The summed E-state index contributed by atoms with van der Waals surface area (Å²) in [5, 5.41) is 1.01. The van der Waals surface area contributed by atoms with Crippen molar-refractivity contribution >= 4 is 29.0 Å². The molecular weight excluding hydrogens is 291 g/mol. The summed E-state index contributed by atoms with van der Waals surface area (Å²) >= 11 is 12.0. The zero-order valence-corrected chi connectivity index (χ0v) is 12.8. The van der Waals surface area contributed by atoms with Crippen LogP contribution < -0.4 is 0 Å². The molecule has 4 saturated carbocycles. The van der Waals surface area contributed by atoms with Crippen LogP contribution in [-0.2, 0) is 0 Å². The second kappa shape index (κ2) is 4.74. The molecule has 5 rings (SSSR count). The first-order valence-corrected chi connectivity index (χ1v) is 8.36. The van der Waals surface area contributed by atoms with Gasteiger partial charge in [0, 0.05) is 11.5 Å². The average molecular weight is 309 g/mol. The van der Waals surface area contributed by atoms with Crippen LogP contribution in [0.2, 0.25) is 10.0 Å². The van der Waals surface area contributed by atoms with E-state index in [2.05, 4.69) is 0 Å². The molecule has 4 aliphatic rings. The highest BCUT2D eigenvalue weighted by Gasteiger charge is 2.50. The fourth-order valence-corrected chi connectivity index (χ4v) is 5.49. The lowest BCUT2D eigenvalue weighted by Crippen LogP contribution is -2.48. The van der Waals surface area contributed by atoms with E-state index in [1.807, 2.05) is 6.07 Å². The van der Waals surface area contributed by atoms with Gasteiger partial charge in [-0.2, -0.15) is 0 Å². The Morgan fingerprint density at radius 1 is 0.900 bits per heavy atom. The Labute approximate surface area is 129 Å². The highest BCUT2D eigenvalue weighted by atomic mass is 35.5. The van der Waals surface area contributed by atoms with E-state index < -0.39 is 0 Å². The van der Waals surface area contributed by atoms with Gasteiger partial charge in [0.25, 0.3) is 0 Å². The van der Waals surface area contributed by atoms with Gasteiger partial charge in [-0.3, -0.25) is 4.79 Å². The van der Waals surface area contributed by atoms with Crippen molar-refractivity contribution in [3.05, 3.63) is 33.8 Å². The number of rotatable bonds is 2. The maximum Gasteiger partial charge on any atom is 0.166 e. The van der Waals surface area contributed by atoms with Gasteiger partial charge in [0.15, 0.2) is 5.78 Å². The van der Waals surface area contributed by atoms with Crippen molar-refractivity contribution in [1.82, 2.24) is 0 Å². The Bertz CT molecular complexity index is 538. The second-order valence-electron chi connectivity index (χ2n) is 6.95. The van der Waals surface area contributed by atoms with Gasteiger partial charge in [-0.1, -0.05) is 23.2 Å². The van der Waals surface area contributed by atoms with E-state index in [0.29, 0.717) is 27.7 Å². The number of hydrogen-bond donors (Lipinski definition) is 0. The van der Waals surface area contributed by atoms with Crippen LogP contribution in [0.4, 0.5) is 0 Å². The molecule has 1 nitrogen and oxygen atoms in total. The molecule has 106 valence electrons. The fourth-order valence-electron chi connectivity index (χ4n) is 5.20. The summed E-state index contributed by atoms with van der Waals surface area (Å²) in [6, 6.07) is 5.33. The van der Waals surface area contributed by atoms with Gasteiger partial charge in [-0.25, -0.2) is 0 Å². The molecule has 0 amide bonds. The van der Waals surface area contributed by atoms with Gasteiger partial charge in [0.1, 0.15) is 0 Å². The second-order valence-corrected chi connectivity index (χ2v) is 7.76. The van der Waals surface area contributed by atoms with Gasteiger partial charge >= 0.3 is 0 Å². The van der Waals surface area contributed by atoms with Crippen LogP contribution in [0.25, 0.3) is 0 Å². The summed E-state index contributed by atoms with van der Waals surface area (Å²) < 4.78 is 0. The molecule has 20 heavy (non-hydrogen) atoms. The molecule has 1 aromatic carbocycles. The molecule has 0 radical (unpaired) electrons. The van der Waals surface area contributed by atoms with Crippen LogP contribution in [0.3, 0.4) is 0 Å². The molecule has 0 atom stereocenters. The van der Waals surface area contributed by atoms with Crippen LogP contribution >= 0.6 is 23.2 Å². The van der Waals surface area contributed by atoms with Crippen molar-refractivity contribution in [1.29, 1.82) is 0 Å². The summed E-state index contributed by atoms with van der Waals surface area (Å²) in [7, 11) is 0. The molecule has 3 heteroatoms. The first-order chi connectivity index (χ1) is 9.61. The number of halogens is 2. The van der Waals surface area contributed by atoms with Crippen LogP contribution in [0.5, 0.6) is 0 Å². The van der Waals surface area contributed by atoms with Crippen molar-refractivity contribution < 1.29 is 4.79 Å². The van der Waals surface area contributed by atoms with Gasteiger partial charge in [-0.05, 0) is 74.0 Å². The lowest BCUT2D eigenvalue weighted by Gasteiger charge is -2.53. The summed E-state index contributed by atoms with van der Waals surface area (Å²) in [5.74, 6) is 3.57. The minimum Gasteiger partial charge on any atom is -0.294 e.